The molecule has 0 amide bonds. The quantitative estimate of drug-likeness (QED) is 0.650. The summed E-state index contributed by atoms with van der Waals surface area (Å²) in [4.78, 5) is 0. The maximum absolute atomic E-state index is 13.8. The Bertz CT molecular complexity index is 376. The molecule has 1 aromatic rings. The van der Waals surface area contributed by atoms with E-state index in [1.165, 1.54) is 12.1 Å². The Labute approximate surface area is 119 Å². The van der Waals surface area contributed by atoms with Gasteiger partial charge in [0.05, 0.1) is 6.61 Å². The normalized spacial score (nSPS) is 10.8. The molecule has 20 heavy (non-hydrogen) atoms. The van der Waals surface area contributed by atoms with Crippen LogP contribution in [0.25, 0.3) is 0 Å². The topological polar surface area (TPSA) is 41.5 Å². The fraction of sp³-hybridized carbons (Fsp3) is 0.600. The molecule has 5 heteroatoms. The highest BCUT2D eigenvalue weighted by Gasteiger charge is 2.12. The van der Waals surface area contributed by atoms with Gasteiger partial charge in [-0.3, -0.25) is 0 Å². The van der Waals surface area contributed by atoms with E-state index in [0.29, 0.717) is 24.9 Å². The molecule has 0 aromatic heterocycles. The number of hydrogen-bond acceptors (Lipinski definition) is 3. The smallest absolute Gasteiger partial charge is 0.190 e. The fourth-order valence-corrected chi connectivity index (χ4v) is 1.83. The molecule has 0 radical (unpaired) electrons. The van der Waals surface area contributed by atoms with Gasteiger partial charge in [0.15, 0.2) is 17.4 Å². The molecule has 0 saturated heterocycles. The predicted molar refractivity (Wildman–Crippen MR) is 74.8 cm³/mol. The maximum atomic E-state index is 13.8. The van der Waals surface area contributed by atoms with Crippen LogP contribution in [-0.4, -0.2) is 24.9 Å². The summed E-state index contributed by atoms with van der Waals surface area (Å²) in [7, 11) is 0. The second-order valence-corrected chi connectivity index (χ2v) is 4.70. The van der Waals surface area contributed by atoms with Gasteiger partial charge in [0, 0.05) is 13.2 Å². The van der Waals surface area contributed by atoms with Crippen molar-refractivity contribution >= 4 is 0 Å². The van der Waals surface area contributed by atoms with Crippen LogP contribution in [0.15, 0.2) is 12.1 Å². The van der Waals surface area contributed by atoms with Crippen LogP contribution in [0.5, 0.6) is 5.75 Å². The summed E-state index contributed by atoms with van der Waals surface area (Å²) in [5, 5.41) is 11.7. The number of ether oxygens (including phenoxy) is 1. The zero-order valence-electron chi connectivity index (χ0n) is 11.9. The first-order chi connectivity index (χ1) is 9.69. The molecule has 1 aromatic carbocycles. The van der Waals surface area contributed by atoms with Crippen LogP contribution in [0.3, 0.4) is 0 Å². The Kier molecular flexibility index (Phi) is 8.14. The molecule has 0 aliphatic rings. The van der Waals surface area contributed by atoms with Crippen LogP contribution in [-0.2, 0) is 6.54 Å². The second-order valence-electron chi connectivity index (χ2n) is 4.70. The third-order valence-electron chi connectivity index (χ3n) is 2.86. The number of halogens is 2. The minimum absolute atomic E-state index is 0.127. The van der Waals surface area contributed by atoms with Crippen LogP contribution in [0.2, 0.25) is 0 Å². The van der Waals surface area contributed by atoms with Gasteiger partial charge in [-0.2, -0.15) is 0 Å². The Morgan fingerprint density at radius 1 is 1.15 bits per heavy atom. The Morgan fingerprint density at radius 2 is 1.85 bits per heavy atom. The fourth-order valence-electron chi connectivity index (χ4n) is 1.83. The average molecular weight is 287 g/mol. The molecular weight excluding hydrogens is 264 g/mol. The number of aliphatic hydroxyl groups is 1. The average Bonchev–Trinajstić information content (AvgIpc) is 2.41. The van der Waals surface area contributed by atoms with Crippen molar-refractivity contribution < 1.29 is 18.6 Å². The van der Waals surface area contributed by atoms with Crippen molar-refractivity contribution in [2.75, 3.05) is 19.8 Å². The molecule has 0 spiro atoms. The summed E-state index contributed by atoms with van der Waals surface area (Å²) in [5.41, 5.74) is 0.570. The number of hydrogen-bond donors (Lipinski definition) is 2. The molecule has 0 aliphatic carbocycles. The zero-order valence-corrected chi connectivity index (χ0v) is 11.9. The summed E-state index contributed by atoms with van der Waals surface area (Å²) in [6, 6.07) is 2.60. The number of nitrogens with one attached hydrogen (secondary N) is 1. The summed E-state index contributed by atoms with van der Waals surface area (Å²) in [6.45, 7) is 3.66. The lowest BCUT2D eigenvalue weighted by molar-refractivity contribution is 0.255. The summed E-state index contributed by atoms with van der Waals surface area (Å²) >= 11 is 0. The van der Waals surface area contributed by atoms with Gasteiger partial charge >= 0.3 is 0 Å². The van der Waals surface area contributed by atoms with E-state index in [-0.39, 0.29) is 19.0 Å². The Balaban J connectivity index is 2.51. The van der Waals surface area contributed by atoms with Crippen molar-refractivity contribution in [3.05, 3.63) is 29.3 Å². The van der Waals surface area contributed by atoms with Gasteiger partial charge in [-0.25, -0.2) is 8.78 Å². The van der Waals surface area contributed by atoms with E-state index in [1.54, 1.807) is 0 Å². The molecule has 0 atom stereocenters. The zero-order chi connectivity index (χ0) is 14.8. The van der Waals surface area contributed by atoms with E-state index in [1.807, 2.05) is 6.92 Å². The lowest BCUT2D eigenvalue weighted by atomic mass is 10.2. The number of unbranched alkanes of at least 4 members (excludes halogenated alkanes) is 2. The molecule has 114 valence electrons. The first-order valence-electron chi connectivity index (χ1n) is 7.11. The lowest BCUT2D eigenvalue weighted by Gasteiger charge is -2.10. The highest BCUT2D eigenvalue weighted by molar-refractivity contribution is 5.31. The third-order valence-corrected chi connectivity index (χ3v) is 2.86. The minimum atomic E-state index is -0.666. The van der Waals surface area contributed by atoms with Crippen LogP contribution < -0.4 is 10.1 Å². The van der Waals surface area contributed by atoms with Gasteiger partial charge in [0.25, 0.3) is 0 Å². The Morgan fingerprint density at radius 3 is 2.45 bits per heavy atom. The summed E-state index contributed by atoms with van der Waals surface area (Å²) in [6.07, 6.45) is 3.09. The monoisotopic (exact) mass is 287 g/mol. The van der Waals surface area contributed by atoms with Gasteiger partial charge in [-0.05, 0) is 49.9 Å². The van der Waals surface area contributed by atoms with E-state index < -0.39 is 11.6 Å². The maximum Gasteiger partial charge on any atom is 0.190 e. The van der Waals surface area contributed by atoms with Gasteiger partial charge in [-0.15, -0.1) is 0 Å². The predicted octanol–water partition coefficient (Wildman–Crippen LogP) is 3.01. The van der Waals surface area contributed by atoms with Gasteiger partial charge in [0.1, 0.15) is 0 Å². The van der Waals surface area contributed by atoms with Crippen molar-refractivity contribution in [1.29, 1.82) is 0 Å². The van der Waals surface area contributed by atoms with Crippen LogP contribution in [0.1, 0.15) is 38.2 Å². The minimum Gasteiger partial charge on any atom is -0.488 e. The van der Waals surface area contributed by atoms with Gasteiger partial charge in [-0.1, -0.05) is 6.92 Å². The third kappa shape index (κ3) is 5.84. The van der Waals surface area contributed by atoms with Crippen LogP contribution in [0, 0.1) is 11.6 Å². The van der Waals surface area contributed by atoms with Crippen LogP contribution >= 0.6 is 0 Å². The van der Waals surface area contributed by atoms with Crippen molar-refractivity contribution in [3.63, 3.8) is 0 Å². The van der Waals surface area contributed by atoms with E-state index >= 15 is 0 Å². The van der Waals surface area contributed by atoms with Crippen molar-refractivity contribution in [3.8, 4) is 5.75 Å². The van der Waals surface area contributed by atoms with Gasteiger partial charge in [0.2, 0.25) is 0 Å². The molecule has 3 nitrogen and oxygen atoms in total. The standard InChI is InChI=1S/C15H23F2NO2/c1-2-6-18-11-12-9-13(16)15(14(17)10-12)20-8-5-3-4-7-19/h9-10,18-19H,2-8,11H2,1H3. The molecule has 1 rings (SSSR count). The first kappa shape index (κ1) is 16.9. The first-order valence-corrected chi connectivity index (χ1v) is 7.11. The molecule has 0 fully saturated rings. The molecule has 0 bridgehead atoms. The summed E-state index contributed by atoms with van der Waals surface area (Å²) in [5.74, 6) is -1.64. The SMILES string of the molecule is CCCNCc1cc(F)c(OCCCCCO)c(F)c1. The highest BCUT2D eigenvalue weighted by Crippen LogP contribution is 2.23. The van der Waals surface area contributed by atoms with Gasteiger partial charge < -0.3 is 15.2 Å². The molecule has 0 unspecified atom stereocenters. The van der Waals surface area contributed by atoms with E-state index in [9.17, 15) is 8.78 Å². The number of aliphatic hydroxyl groups excluding tert-OH is 1. The Hall–Kier alpha value is -1.20. The molecule has 0 aliphatic heterocycles. The van der Waals surface area contributed by atoms with Crippen molar-refractivity contribution in [1.82, 2.24) is 5.32 Å². The molecule has 0 heterocycles. The second kappa shape index (κ2) is 9.66. The van der Waals surface area contributed by atoms with Crippen LogP contribution in [0.4, 0.5) is 8.78 Å². The van der Waals surface area contributed by atoms with E-state index in [4.69, 9.17) is 9.84 Å². The highest BCUT2D eigenvalue weighted by atomic mass is 19.1. The van der Waals surface area contributed by atoms with E-state index in [2.05, 4.69) is 5.32 Å². The van der Waals surface area contributed by atoms with Crippen molar-refractivity contribution in [2.45, 2.75) is 39.2 Å². The number of benzene rings is 1. The largest absolute Gasteiger partial charge is 0.488 e. The molecule has 2 N–H and O–H groups in total. The number of rotatable bonds is 10. The summed E-state index contributed by atoms with van der Waals surface area (Å²) < 4.78 is 32.7. The van der Waals surface area contributed by atoms with Crippen molar-refractivity contribution in [2.24, 2.45) is 0 Å². The lowest BCUT2D eigenvalue weighted by Crippen LogP contribution is -2.14. The molecular formula is C15H23F2NO2. The van der Waals surface area contributed by atoms with E-state index in [0.717, 1.165) is 19.4 Å². The molecule has 0 saturated carbocycles.